The Balaban J connectivity index is 2.32. The van der Waals surface area contributed by atoms with E-state index in [9.17, 15) is 0 Å². The second kappa shape index (κ2) is 6.31. The van der Waals surface area contributed by atoms with Crippen molar-refractivity contribution in [2.24, 2.45) is 5.73 Å². The number of amidine groups is 1. The topological polar surface area (TPSA) is 59.1 Å². The molecule has 0 unspecified atom stereocenters. The van der Waals surface area contributed by atoms with Crippen LogP contribution in [0.25, 0.3) is 0 Å². The molecular formula is C17H19BrN2O. The molecule has 0 aliphatic carbocycles. The quantitative estimate of drug-likeness (QED) is 0.607. The molecule has 3 N–H and O–H groups in total. The summed E-state index contributed by atoms with van der Waals surface area (Å²) in [5.41, 5.74) is 8.50. The zero-order valence-electron chi connectivity index (χ0n) is 12.4. The van der Waals surface area contributed by atoms with Crippen LogP contribution in [0.5, 0.6) is 11.5 Å². The second-order valence-corrected chi connectivity index (χ2v) is 6.19. The number of hydrogen-bond donors (Lipinski definition) is 2. The highest BCUT2D eigenvalue weighted by Crippen LogP contribution is 2.31. The lowest BCUT2D eigenvalue weighted by Gasteiger charge is -2.13. The molecule has 0 fully saturated rings. The van der Waals surface area contributed by atoms with Gasteiger partial charge < -0.3 is 10.5 Å². The first-order valence-electron chi connectivity index (χ1n) is 6.81. The van der Waals surface area contributed by atoms with E-state index in [1.807, 2.05) is 19.1 Å². The molecule has 0 radical (unpaired) electrons. The molecule has 2 aromatic carbocycles. The fraction of sp³-hybridized carbons (Fsp3) is 0.235. The fourth-order valence-electron chi connectivity index (χ4n) is 1.99. The molecule has 0 heterocycles. The van der Waals surface area contributed by atoms with Gasteiger partial charge in [-0.2, -0.15) is 0 Å². The second-order valence-electron chi connectivity index (χ2n) is 5.34. The van der Waals surface area contributed by atoms with Crippen molar-refractivity contribution in [3.05, 3.63) is 57.6 Å². The van der Waals surface area contributed by atoms with Gasteiger partial charge in [0.25, 0.3) is 0 Å². The van der Waals surface area contributed by atoms with Gasteiger partial charge in [0, 0.05) is 10.0 Å². The van der Waals surface area contributed by atoms with Gasteiger partial charge in [-0.05, 0) is 64.2 Å². The number of nitrogens with one attached hydrogen (secondary N) is 1. The van der Waals surface area contributed by atoms with Gasteiger partial charge in [0.2, 0.25) is 0 Å². The van der Waals surface area contributed by atoms with E-state index in [1.54, 1.807) is 6.07 Å². The van der Waals surface area contributed by atoms with Crippen LogP contribution in [0.2, 0.25) is 0 Å². The van der Waals surface area contributed by atoms with Crippen LogP contribution in [0.15, 0.2) is 40.9 Å². The molecule has 2 aromatic rings. The van der Waals surface area contributed by atoms with Crippen molar-refractivity contribution in [3.63, 3.8) is 0 Å². The number of rotatable bonds is 4. The Labute approximate surface area is 133 Å². The average Bonchev–Trinajstić information content (AvgIpc) is 2.40. The van der Waals surface area contributed by atoms with Crippen LogP contribution in [0.1, 0.15) is 36.5 Å². The third-order valence-electron chi connectivity index (χ3n) is 3.34. The number of aryl methyl sites for hydroxylation is 1. The summed E-state index contributed by atoms with van der Waals surface area (Å²) < 4.78 is 6.73. The first kappa shape index (κ1) is 15.6. The molecule has 4 heteroatoms. The van der Waals surface area contributed by atoms with Crippen molar-refractivity contribution in [2.45, 2.75) is 26.7 Å². The van der Waals surface area contributed by atoms with E-state index in [0.717, 1.165) is 21.5 Å². The summed E-state index contributed by atoms with van der Waals surface area (Å²) in [6, 6.07) is 11.7. The monoisotopic (exact) mass is 346 g/mol. The summed E-state index contributed by atoms with van der Waals surface area (Å²) >= 11 is 3.42. The summed E-state index contributed by atoms with van der Waals surface area (Å²) in [4.78, 5) is 0. The van der Waals surface area contributed by atoms with Crippen LogP contribution in [-0.4, -0.2) is 5.84 Å². The van der Waals surface area contributed by atoms with Crippen LogP contribution in [0.4, 0.5) is 0 Å². The van der Waals surface area contributed by atoms with Gasteiger partial charge in [-0.3, -0.25) is 5.41 Å². The summed E-state index contributed by atoms with van der Waals surface area (Å²) in [6.45, 7) is 6.35. The Morgan fingerprint density at radius 1 is 1.19 bits per heavy atom. The number of halogens is 1. The molecule has 0 aliphatic heterocycles. The van der Waals surface area contributed by atoms with Gasteiger partial charge in [0.1, 0.15) is 17.3 Å². The van der Waals surface area contributed by atoms with Gasteiger partial charge in [-0.25, -0.2) is 0 Å². The number of ether oxygens (including phenoxy) is 1. The molecule has 0 aromatic heterocycles. The largest absolute Gasteiger partial charge is 0.457 e. The van der Waals surface area contributed by atoms with E-state index >= 15 is 0 Å². The lowest BCUT2D eigenvalue weighted by molar-refractivity contribution is 0.477. The minimum absolute atomic E-state index is 0.0337. The Bertz CT molecular complexity index is 680. The van der Waals surface area contributed by atoms with E-state index in [4.69, 9.17) is 15.9 Å². The maximum Gasteiger partial charge on any atom is 0.130 e. The van der Waals surface area contributed by atoms with Crippen LogP contribution < -0.4 is 10.5 Å². The highest BCUT2D eigenvalue weighted by Gasteiger charge is 2.08. The number of hydrogen-bond acceptors (Lipinski definition) is 2. The van der Waals surface area contributed by atoms with Crippen molar-refractivity contribution in [1.82, 2.24) is 0 Å². The van der Waals surface area contributed by atoms with E-state index in [-0.39, 0.29) is 5.84 Å². The maximum atomic E-state index is 7.48. The standard InChI is InChI=1S/C17H19BrN2O/c1-10(2)12-5-4-11(3)16(8-12)21-13-6-7-14(17(19)20)15(18)9-13/h4-10H,1-3H3,(H3,19,20). The molecular weight excluding hydrogens is 328 g/mol. The Morgan fingerprint density at radius 2 is 1.90 bits per heavy atom. The van der Waals surface area contributed by atoms with Gasteiger partial charge in [0.15, 0.2) is 0 Å². The maximum absolute atomic E-state index is 7.48. The van der Waals surface area contributed by atoms with Crippen molar-refractivity contribution >= 4 is 21.8 Å². The zero-order valence-corrected chi connectivity index (χ0v) is 14.0. The third-order valence-corrected chi connectivity index (χ3v) is 3.99. The van der Waals surface area contributed by atoms with E-state index in [2.05, 4.69) is 48.0 Å². The highest BCUT2D eigenvalue weighted by atomic mass is 79.9. The molecule has 0 saturated carbocycles. The van der Waals surface area contributed by atoms with E-state index in [1.165, 1.54) is 5.56 Å². The Kier molecular flexibility index (Phi) is 4.68. The first-order chi connectivity index (χ1) is 9.88. The lowest BCUT2D eigenvalue weighted by Crippen LogP contribution is -2.11. The average molecular weight is 347 g/mol. The Hall–Kier alpha value is -1.81. The molecule has 0 atom stereocenters. The zero-order chi connectivity index (χ0) is 15.6. The van der Waals surface area contributed by atoms with Gasteiger partial charge in [-0.15, -0.1) is 0 Å². The summed E-state index contributed by atoms with van der Waals surface area (Å²) in [6.07, 6.45) is 0. The molecule has 0 amide bonds. The lowest BCUT2D eigenvalue weighted by atomic mass is 10.0. The molecule has 2 rings (SSSR count). The Morgan fingerprint density at radius 3 is 2.48 bits per heavy atom. The predicted octanol–water partition coefficient (Wildman–Crippen LogP) is 4.96. The molecule has 0 aliphatic rings. The molecule has 0 bridgehead atoms. The smallest absolute Gasteiger partial charge is 0.130 e. The predicted molar refractivity (Wildman–Crippen MR) is 90.5 cm³/mol. The molecule has 21 heavy (non-hydrogen) atoms. The third kappa shape index (κ3) is 3.64. The molecule has 110 valence electrons. The summed E-state index contributed by atoms with van der Waals surface area (Å²) in [5, 5.41) is 7.48. The van der Waals surface area contributed by atoms with E-state index in [0.29, 0.717) is 11.5 Å². The minimum atomic E-state index is 0.0337. The normalized spacial score (nSPS) is 10.7. The van der Waals surface area contributed by atoms with Crippen molar-refractivity contribution < 1.29 is 4.74 Å². The van der Waals surface area contributed by atoms with Crippen LogP contribution in [-0.2, 0) is 0 Å². The van der Waals surface area contributed by atoms with Crippen molar-refractivity contribution in [2.75, 3.05) is 0 Å². The number of benzene rings is 2. The van der Waals surface area contributed by atoms with Gasteiger partial charge >= 0.3 is 0 Å². The first-order valence-corrected chi connectivity index (χ1v) is 7.60. The molecule has 0 saturated heterocycles. The number of nitrogens with two attached hydrogens (primary N) is 1. The number of nitrogen functional groups attached to an aromatic ring is 1. The highest BCUT2D eigenvalue weighted by molar-refractivity contribution is 9.10. The van der Waals surface area contributed by atoms with Crippen molar-refractivity contribution in [3.8, 4) is 11.5 Å². The SMILES string of the molecule is Cc1ccc(C(C)C)cc1Oc1ccc(C(=N)N)c(Br)c1. The minimum Gasteiger partial charge on any atom is -0.457 e. The van der Waals surface area contributed by atoms with Gasteiger partial charge in [-0.1, -0.05) is 26.0 Å². The van der Waals surface area contributed by atoms with Crippen LogP contribution in [0.3, 0.4) is 0 Å². The molecule has 0 spiro atoms. The summed E-state index contributed by atoms with van der Waals surface area (Å²) in [7, 11) is 0. The van der Waals surface area contributed by atoms with Gasteiger partial charge in [0.05, 0.1) is 0 Å². The fourth-order valence-corrected chi connectivity index (χ4v) is 2.56. The molecule has 3 nitrogen and oxygen atoms in total. The van der Waals surface area contributed by atoms with Crippen LogP contribution in [0, 0.1) is 12.3 Å². The van der Waals surface area contributed by atoms with Crippen LogP contribution >= 0.6 is 15.9 Å². The van der Waals surface area contributed by atoms with E-state index < -0.39 is 0 Å². The summed E-state index contributed by atoms with van der Waals surface area (Å²) in [5.74, 6) is 2.06. The van der Waals surface area contributed by atoms with Crippen molar-refractivity contribution in [1.29, 1.82) is 5.41 Å².